The third-order valence-corrected chi connectivity index (χ3v) is 5.18. The van der Waals surface area contributed by atoms with E-state index < -0.39 is 0 Å². The number of halogens is 1. The van der Waals surface area contributed by atoms with Crippen molar-refractivity contribution in [3.8, 4) is 11.1 Å². The molecule has 0 bridgehead atoms. The molecule has 1 nitrogen and oxygen atoms in total. The molecule has 0 spiro atoms. The predicted molar refractivity (Wildman–Crippen MR) is 104 cm³/mol. The fourth-order valence-electron chi connectivity index (χ4n) is 3.38. The Balaban J connectivity index is 1.74. The van der Waals surface area contributed by atoms with Crippen LogP contribution in [-0.4, -0.2) is 0 Å². The molecule has 0 radical (unpaired) electrons. The van der Waals surface area contributed by atoms with Crippen LogP contribution in [0.5, 0.6) is 0 Å². The van der Waals surface area contributed by atoms with Crippen LogP contribution >= 0.6 is 15.9 Å². The highest BCUT2D eigenvalue weighted by Crippen LogP contribution is 2.35. The van der Waals surface area contributed by atoms with E-state index in [9.17, 15) is 0 Å². The van der Waals surface area contributed by atoms with Gasteiger partial charge in [-0.2, -0.15) is 0 Å². The van der Waals surface area contributed by atoms with Crippen LogP contribution in [0, 0.1) is 0 Å². The van der Waals surface area contributed by atoms with Crippen LogP contribution in [0.4, 0.5) is 0 Å². The lowest BCUT2D eigenvalue weighted by Crippen LogP contribution is -1.81. The standard InChI is InChI=1S/C22H13BrO/c23-20-13-24-21-10-8-18-12-17(7-9-19(18)22(20)21)16-6-5-14-3-1-2-4-15(14)11-16/h1-13H. The van der Waals surface area contributed by atoms with Gasteiger partial charge in [0, 0.05) is 5.39 Å². The molecule has 5 rings (SSSR count). The summed E-state index contributed by atoms with van der Waals surface area (Å²) in [4.78, 5) is 0. The second-order valence-corrected chi connectivity index (χ2v) is 6.87. The molecule has 0 aliphatic heterocycles. The van der Waals surface area contributed by atoms with Crippen molar-refractivity contribution in [1.82, 2.24) is 0 Å². The van der Waals surface area contributed by atoms with Gasteiger partial charge in [0.15, 0.2) is 0 Å². The lowest BCUT2D eigenvalue weighted by Gasteiger charge is -2.07. The van der Waals surface area contributed by atoms with Crippen molar-refractivity contribution in [3.05, 3.63) is 83.5 Å². The van der Waals surface area contributed by atoms with Gasteiger partial charge in [-0.15, -0.1) is 0 Å². The second-order valence-electron chi connectivity index (χ2n) is 6.02. The molecule has 1 heterocycles. The zero-order valence-corrected chi connectivity index (χ0v) is 14.4. The molecular weight excluding hydrogens is 360 g/mol. The zero-order chi connectivity index (χ0) is 16.1. The molecule has 0 saturated heterocycles. The maximum Gasteiger partial charge on any atom is 0.135 e. The normalized spacial score (nSPS) is 11.5. The molecule has 0 saturated carbocycles. The fourth-order valence-corrected chi connectivity index (χ4v) is 3.88. The molecule has 5 aromatic rings. The summed E-state index contributed by atoms with van der Waals surface area (Å²) in [5.41, 5.74) is 3.38. The van der Waals surface area contributed by atoms with Crippen LogP contribution in [0.3, 0.4) is 0 Å². The molecule has 0 aliphatic rings. The number of rotatable bonds is 1. The van der Waals surface area contributed by atoms with Gasteiger partial charge in [-0.25, -0.2) is 0 Å². The minimum absolute atomic E-state index is 0.910. The highest BCUT2D eigenvalue weighted by molar-refractivity contribution is 9.10. The lowest BCUT2D eigenvalue weighted by atomic mass is 9.98. The number of furan rings is 1. The maximum absolute atomic E-state index is 5.57. The average Bonchev–Trinajstić information content (AvgIpc) is 3.02. The molecule has 0 atom stereocenters. The van der Waals surface area contributed by atoms with Gasteiger partial charge in [-0.05, 0) is 66.8 Å². The molecular formula is C22H13BrO. The van der Waals surface area contributed by atoms with E-state index in [1.807, 2.05) is 6.07 Å². The first-order chi connectivity index (χ1) is 11.8. The monoisotopic (exact) mass is 372 g/mol. The summed E-state index contributed by atoms with van der Waals surface area (Å²) in [6.07, 6.45) is 1.75. The van der Waals surface area contributed by atoms with Gasteiger partial charge in [0.2, 0.25) is 0 Å². The summed E-state index contributed by atoms with van der Waals surface area (Å²) >= 11 is 3.58. The Hall–Kier alpha value is -2.58. The lowest BCUT2D eigenvalue weighted by molar-refractivity contribution is 0.614. The van der Waals surface area contributed by atoms with Crippen LogP contribution in [0.1, 0.15) is 0 Å². The summed E-state index contributed by atoms with van der Waals surface area (Å²) < 4.78 is 6.57. The Morgan fingerprint density at radius 1 is 0.667 bits per heavy atom. The summed E-state index contributed by atoms with van der Waals surface area (Å²) in [5, 5.41) is 6.10. The van der Waals surface area contributed by atoms with Crippen molar-refractivity contribution >= 4 is 48.4 Å². The molecule has 0 fully saturated rings. The van der Waals surface area contributed by atoms with Gasteiger partial charge in [0.05, 0.1) is 4.47 Å². The summed E-state index contributed by atoms with van der Waals surface area (Å²) in [6.45, 7) is 0. The Labute approximate surface area is 147 Å². The molecule has 114 valence electrons. The predicted octanol–water partition coefficient (Wildman–Crippen LogP) is 7.17. The van der Waals surface area contributed by atoms with E-state index in [-0.39, 0.29) is 0 Å². The minimum Gasteiger partial charge on any atom is -0.463 e. The largest absolute Gasteiger partial charge is 0.463 e. The number of hydrogen-bond donors (Lipinski definition) is 0. The Kier molecular flexibility index (Phi) is 3.00. The maximum atomic E-state index is 5.57. The van der Waals surface area contributed by atoms with E-state index in [0.29, 0.717) is 0 Å². The topological polar surface area (TPSA) is 13.1 Å². The Morgan fingerprint density at radius 2 is 1.38 bits per heavy atom. The molecule has 24 heavy (non-hydrogen) atoms. The Morgan fingerprint density at radius 3 is 2.25 bits per heavy atom. The summed E-state index contributed by atoms with van der Waals surface area (Å²) in [7, 11) is 0. The summed E-state index contributed by atoms with van der Waals surface area (Å²) in [6, 6.07) is 25.9. The van der Waals surface area contributed by atoms with Crippen molar-refractivity contribution in [1.29, 1.82) is 0 Å². The van der Waals surface area contributed by atoms with Crippen LogP contribution in [-0.2, 0) is 0 Å². The highest BCUT2D eigenvalue weighted by Gasteiger charge is 2.09. The molecule has 0 unspecified atom stereocenters. The fraction of sp³-hybridized carbons (Fsp3) is 0. The smallest absolute Gasteiger partial charge is 0.135 e. The van der Waals surface area contributed by atoms with Crippen molar-refractivity contribution in [3.63, 3.8) is 0 Å². The first kappa shape index (κ1) is 13.8. The third kappa shape index (κ3) is 2.07. The van der Waals surface area contributed by atoms with Crippen LogP contribution in [0.15, 0.2) is 87.9 Å². The zero-order valence-electron chi connectivity index (χ0n) is 12.8. The molecule has 0 aliphatic carbocycles. The van der Waals surface area contributed by atoms with Crippen molar-refractivity contribution < 1.29 is 4.42 Å². The molecule has 2 heteroatoms. The molecule has 0 N–H and O–H groups in total. The second kappa shape index (κ2) is 5.22. The van der Waals surface area contributed by atoms with Crippen LogP contribution in [0.25, 0.3) is 43.6 Å². The van der Waals surface area contributed by atoms with E-state index in [0.717, 1.165) is 15.4 Å². The quantitative estimate of drug-likeness (QED) is 0.304. The SMILES string of the molecule is Brc1coc2ccc3cc(-c4ccc5ccccc5c4)ccc3c12. The molecule has 0 amide bonds. The van der Waals surface area contributed by atoms with Gasteiger partial charge < -0.3 is 4.42 Å². The van der Waals surface area contributed by atoms with Crippen LogP contribution < -0.4 is 0 Å². The van der Waals surface area contributed by atoms with Crippen molar-refractivity contribution in [2.45, 2.75) is 0 Å². The van der Waals surface area contributed by atoms with E-state index >= 15 is 0 Å². The Bertz CT molecular complexity index is 1220. The first-order valence-electron chi connectivity index (χ1n) is 7.88. The third-order valence-electron chi connectivity index (χ3n) is 4.59. The van der Waals surface area contributed by atoms with Gasteiger partial charge in [-0.3, -0.25) is 0 Å². The first-order valence-corrected chi connectivity index (χ1v) is 8.67. The average molecular weight is 373 g/mol. The van der Waals surface area contributed by atoms with Gasteiger partial charge in [-0.1, -0.05) is 54.6 Å². The van der Waals surface area contributed by atoms with Gasteiger partial charge >= 0.3 is 0 Å². The van der Waals surface area contributed by atoms with E-state index in [4.69, 9.17) is 4.42 Å². The van der Waals surface area contributed by atoms with E-state index in [1.54, 1.807) is 6.26 Å². The summed E-state index contributed by atoms with van der Waals surface area (Å²) in [5.74, 6) is 0. The molecule has 1 aromatic heterocycles. The van der Waals surface area contributed by atoms with Crippen LogP contribution in [0.2, 0.25) is 0 Å². The minimum atomic E-state index is 0.910. The van der Waals surface area contributed by atoms with Crippen molar-refractivity contribution in [2.75, 3.05) is 0 Å². The number of hydrogen-bond acceptors (Lipinski definition) is 1. The molecule has 4 aromatic carbocycles. The number of benzene rings is 4. The van der Waals surface area contributed by atoms with Gasteiger partial charge in [0.25, 0.3) is 0 Å². The highest BCUT2D eigenvalue weighted by atomic mass is 79.9. The number of fused-ring (bicyclic) bond motifs is 4. The van der Waals surface area contributed by atoms with Crippen molar-refractivity contribution in [2.24, 2.45) is 0 Å². The van der Waals surface area contributed by atoms with E-state index in [1.165, 1.54) is 32.7 Å². The van der Waals surface area contributed by atoms with E-state index in [2.05, 4.69) is 82.7 Å². The van der Waals surface area contributed by atoms with Gasteiger partial charge in [0.1, 0.15) is 11.8 Å².